The molecule has 0 saturated carbocycles. The average molecular weight is 313 g/mol. The number of aromatic nitrogens is 1. The van der Waals surface area contributed by atoms with E-state index >= 15 is 0 Å². The van der Waals surface area contributed by atoms with Gasteiger partial charge in [0.1, 0.15) is 0 Å². The first-order valence-electron chi connectivity index (χ1n) is 5.29. The van der Waals surface area contributed by atoms with Crippen molar-refractivity contribution in [3.63, 3.8) is 0 Å². The summed E-state index contributed by atoms with van der Waals surface area (Å²) in [5.41, 5.74) is 8.21. The number of anilines is 1. The van der Waals surface area contributed by atoms with Crippen molar-refractivity contribution in [3.8, 4) is 17.3 Å². The zero-order valence-electron chi connectivity index (χ0n) is 9.62. The number of halogens is 3. The van der Waals surface area contributed by atoms with Gasteiger partial charge in [0.15, 0.2) is 0 Å². The predicted octanol–water partition coefficient (Wildman–Crippen LogP) is 4.36. The number of rotatable bonds is 2. The van der Waals surface area contributed by atoms with Gasteiger partial charge in [0.25, 0.3) is 0 Å². The molecule has 19 heavy (non-hydrogen) atoms. The summed E-state index contributed by atoms with van der Waals surface area (Å²) < 4.78 is 0. The van der Waals surface area contributed by atoms with Crippen molar-refractivity contribution in [2.45, 2.75) is 6.42 Å². The van der Waals surface area contributed by atoms with E-state index in [1.54, 1.807) is 18.2 Å². The first-order chi connectivity index (χ1) is 9.02. The van der Waals surface area contributed by atoms with Crippen LogP contribution in [0.2, 0.25) is 15.1 Å². The third-order valence-electron chi connectivity index (χ3n) is 2.51. The van der Waals surface area contributed by atoms with Gasteiger partial charge in [-0.3, -0.25) is 4.98 Å². The zero-order valence-corrected chi connectivity index (χ0v) is 11.9. The molecule has 0 spiro atoms. The lowest BCUT2D eigenvalue weighted by atomic mass is 10.0. The van der Waals surface area contributed by atoms with E-state index in [1.165, 1.54) is 6.20 Å². The fourth-order valence-corrected chi connectivity index (χ4v) is 2.30. The van der Waals surface area contributed by atoms with E-state index < -0.39 is 0 Å². The van der Waals surface area contributed by atoms with Crippen LogP contribution in [0, 0.1) is 11.3 Å². The molecule has 2 N–H and O–H groups in total. The molecule has 0 saturated heterocycles. The zero-order chi connectivity index (χ0) is 14.0. The number of nitrogens with zero attached hydrogens (tertiary/aromatic N) is 2. The quantitative estimate of drug-likeness (QED) is 0.838. The number of pyridine rings is 1. The highest BCUT2D eigenvalue weighted by atomic mass is 35.5. The van der Waals surface area contributed by atoms with Crippen LogP contribution in [0.1, 0.15) is 5.56 Å². The number of nitrogen functional groups attached to an aromatic ring is 1. The molecule has 1 aromatic heterocycles. The number of hydrogen-bond acceptors (Lipinski definition) is 3. The minimum atomic E-state index is 0.200. The number of nitriles is 1. The molecular formula is C13H8Cl3N3. The van der Waals surface area contributed by atoms with Crippen LogP contribution in [0.25, 0.3) is 11.3 Å². The summed E-state index contributed by atoms with van der Waals surface area (Å²) in [6.45, 7) is 0. The number of hydrogen-bond donors (Lipinski definition) is 1. The second-order valence-electron chi connectivity index (χ2n) is 3.87. The summed E-state index contributed by atoms with van der Waals surface area (Å²) in [6.07, 6.45) is 1.72. The van der Waals surface area contributed by atoms with E-state index in [0.717, 1.165) is 5.56 Å². The van der Waals surface area contributed by atoms with Gasteiger partial charge in [-0.25, -0.2) is 0 Å². The fraction of sp³-hybridized carbons (Fsp3) is 0.0769. The molecule has 0 unspecified atom stereocenters. The van der Waals surface area contributed by atoms with E-state index in [0.29, 0.717) is 32.0 Å². The van der Waals surface area contributed by atoms with Crippen molar-refractivity contribution in [1.29, 1.82) is 5.26 Å². The molecule has 0 atom stereocenters. The van der Waals surface area contributed by atoms with Gasteiger partial charge in [0, 0.05) is 5.56 Å². The van der Waals surface area contributed by atoms with Crippen LogP contribution >= 0.6 is 34.8 Å². The fourth-order valence-electron chi connectivity index (χ4n) is 1.70. The van der Waals surface area contributed by atoms with Crippen molar-refractivity contribution in [2.75, 3.05) is 5.73 Å². The normalized spacial score (nSPS) is 10.2. The van der Waals surface area contributed by atoms with E-state index in [9.17, 15) is 0 Å². The van der Waals surface area contributed by atoms with Gasteiger partial charge in [-0.15, -0.1) is 0 Å². The summed E-state index contributed by atoms with van der Waals surface area (Å²) in [5, 5.41) is 9.82. The van der Waals surface area contributed by atoms with Crippen molar-refractivity contribution in [3.05, 3.63) is 45.0 Å². The maximum absolute atomic E-state index is 8.84. The Morgan fingerprint density at radius 1 is 1.16 bits per heavy atom. The average Bonchev–Trinajstić information content (AvgIpc) is 2.36. The Labute approximate surface area is 125 Å². The molecule has 1 heterocycles. The Morgan fingerprint density at radius 3 is 2.37 bits per heavy atom. The highest BCUT2D eigenvalue weighted by molar-refractivity contribution is 6.48. The van der Waals surface area contributed by atoms with Gasteiger partial charge in [-0.1, -0.05) is 34.8 Å². The van der Waals surface area contributed by atoms with E-state index in [-0.39, 0.29) is 6.42 Å². The molecule has 0 bridgehead atoms. The summed E-state index contributed by atoms with van der Waals surface area (Å²) in [5.74, 6) is 0. The Hall–Kier alpha value is -1.47. The SMILES string of the molecule is N#CCc1cc(N)cnc1-c1cc(Cl)c(Cl)c(Cl)c1. The molecule has 0 aliphatic carbocycles. The van der Waals surface area contributed by atoms with Crippen LogP contribution in [0.5, 0.6) is 0 Å². The molecule has 2 rings (SSSR count). The second kappa shape index (κ2) is 5.66. The number of nitrogens with two attached hydrogens (primary N) is 1. The van der Waals surface area contributed by atoms with Crippen molar-refractivity contribution in [1.82, 2.24) is 4.98 Å². The molecule has 96 valence electrons. The van der Waals surface area contributed by atoms with Crippen LogP contribution in [-0.2, 0) is 6.42 Å². The summed E-state index contributed by atoms with van der Waals surface area (Å²) in [6, 6.07) is 7.11. The van der Waals surface area contributed by atoms with Gasteiger partial charge in [-0.05, 0) is 23.8 Å². The molecule has 0 fully saturated rings. The van der Waals surface area contributed by atoms with Gasteiger partial charge >= 0.3 is 0 Å². The van der Waals surface area contributed by atoms with Crippen molar-refractivity contribution < 1.29 is 0 Å². The molecule has 3 nitrogen and oxygen atoms in total. The van der Waals surface area contributed by atoms with Crippen LogP contribution in [-0.4, -0.2) is 4.98 Å². The van der Waals surface area contributed by atoms with Crippen molar-refractivity contribution >= 4 is 40.5 Å². The lowest BCUT2D eigenvalue weighted by molar-refractivity contribution is 1.20. The van der Waals surface area contributed by atoms with Crippen LogP contribution < -0.4 is 5.73 Å². The molecular weight excluding hydrogens is 305 g/mol. The van der Waals surface area contributed by atoms with E-state index in [1.807, 2.05) is 0 Å². The van der Waals surface area contributed by atoms with Gasteiger partial charge < -0.3 is 5.73 Å². The first-order valence-corrected chi connectivity index (χ1v) is 6.42. The van der Waals surface area contributed by atoms with Crippen LogP contribution in [0.15, 0.2) is 24.4 Å². The minimum absolute atomic E-state index is 0.200. The van der Waals surface area contributed by atoms with Crippen LogP contribution in [0.4, 0.5) is 5.69 Å². The lowest BCUT2D eigenvalue weighted by Crippen LogP contribution is -1.96. The van der Waals surface area contributed by atoms with Crippen LogP contribution in [0.3, 0.4) is 0 Å². The minimum Gasteiger partial charge on any atom is -0.397 e. The van der Waals surface area contributed by atoms with E-state index in [2.05, 4.69) is 11.1 Å². The van der Waals surface area contributed by atoms with Gasteiger partial charge in [-0.2, -0.15) is 5.26 Å². The third-order valence-corrected chi connectivity index (χ3v) is 3.71. The first kappa shape index (κ1) is 14.0. The van der Waals surface area contributed by atoms with E-state index in [4.69, 9.17) is 45.8 Å². The molecule has 0 aliphatic rings. The smallest absolute Gasteiger partial charge is 0.0778 e. The summed E-state index contributed by atoms with van der Waals surface area (Å²) in [4.78, 5) is 4.24. The third kappa shape index (κ3) is 2.93. The predicted molar refractivity (Wildman–Crippen MR) is 78.4 cm³/mol. The molecule has 0 amide bonds. The van der Waals surface area contributed by atoms with Crippen molar-refractivity contribution in [2.24, 2.45) is 0 Å². The molecule has 6 heteroatoms. The topological polar surface area (TPSA) is 62.7 Å². The van der Waals surface area contributed by atoms with Gasteiger partial charge in [0.05, 0.1) is 45.1 Å². The molecule has 2 aromatic rings. The highest BCUT2D eigenvalue weighted by Crippen LogP contribution is 2.35. The Bertz CT molecular complexity index is 654. The standard InChI is InChI=1S/C13H8Cl3N3/c14-10-4-8(5-11(15)12(10)16)13-7(1-2-17)3-9(18)6-19-13/h3-6H,1,18H2. The molecule has 1 aromatic carbocycles. The Kier molecular flexibility index (Phi) is 4.16. The number of benzene rings is 1. The summed E-state index contributed by atoms with van der Waals surface area (Å²) >= 11 is 17.9. The Morgan fingerprint density at radius 2 is 1.79 bits per heavy atom. The lowest BCUT2D eigenvalue weighted by Gasteiger charge is -2.09. The highest BCUT2D eigenvalue weighted by Gasteiger charge is 2.12. The largest absolute Gasteiger partial charge is 0.397 e. The Balaban J connectivity index is 2.62. The summed E-state index contributed by atoms with van der Waals surface area (Å²) in [7, 11) is 0. The molecule has 0 aliphatic heterocycles. The monoisotopic (exact) mass is 311 g/mol. The second-order valence-corrected chi connectivity index (χ2v) is 5.06. The molecule has 0 radical (unpaired) electrons. The maximum atomic E-state index is 8.84. The maximum Gasteiger partial charge on any atom is 0.0778 e. The van der Waals surface area contributed by atoms with Gasteiger partial charge in [0.2, 0.25) is 0 Å².